The molecule has 1 rings (SSSR count). The minimum atomic E-state index is 0. The summed E-state index contributed by atoms with van der Waals surface area (Å²) in [6.07, 6.45) is 4.85. The summed E-state index contributed by atoms with van der Waals surface area (Å²) in [5.74, 6) is 0. The zero-order chi connectivity index (χ0) is 10.4. The molecule has 2 N–H and O–H groups in total. The van der Waals surface area contributed by atoms with Crippen molar-refractivity contribution in [3.8, 4) is 0 Å². The molecule has 1 nitrogen and oxygen atoms in total. The SMILES string of the molecule is CCCCC[C@H](N)c1cccc(Br)c1.Cl. The molecule has 0 aliphatic heterocycles. The monoisotopic (exact) mass is 291 g/mol. The molecule has 0 radical (unpaired) electrons. The van der Waals surface area contributed by atoms with Crippen molar-refractivity contribution < 1.29 is 0 Å². The Morgan fingerprint density at radius 1 is 1.33 bits per heavy atom. The van der Waals surface area contributed by atoms with Crippen LogP contribution in [0.3, 0.4) is 0 Å². The van der Waals surface area contributed by atoms with Crippen molar-refractivity contribution in [3.63, 3.8) is 0 Å². The van der Waals surface area contributed by atoms with E-state index in [0.29, 0.717) is 0 Å². The fraction of sp³-hybridized carbons (Fsp3) is 0.500. The third kappa shape index (κ3) is 5.55. The molecule has 0 saturated heterocycles. The molecule has 0 amide bonds. The summed E-state index contributed by atoms with van der Waals surface area (Å²) in [4.78, 5) is 0. The predicted octanol–water partition coefficient (Wildman–Crippen LogP) is 4.45. The van der Waals surface area contributed by atoms with Gasteiger partial charge in [-0.2, -0.15) is 0 Å². The first-order valence-corrected chi connectivity index (χ1v) is 6.04. The summed E-state index contributed by atoms with van der Waals surface area (Å²) in [7, 11) is 0. The maximum Gasteiger partial charge on any atom is 0.0295 e. The van der Waals surface area contributed by atoms with Crippen LogP contribution in [0.25, 0.3) is 0 Å². The van der Waals surface area contributed by atoms with Gasteiger partial charge in [0, 0.05) is 10.5 Å². The van der Waals surface area contributed by atoms with E-state index in [-0.39, 0.29) is 18.4 Å². The Kier molecular flexibility index (Phi) is 8.12. The molecule has 0 bridgehead atoms. The second-order valence-electron chi connectivity index (χ2n) is 3.66. The van der Waals surface area contributed by atoms with Crippen molar-refractivity contribution in [1.82, 2.24) is 0 Å². The molecule has 0 aliphatic carbocycles. The topological polar surface area (TPSA) is 26.0 Å². The van der Waals surface area contributed by atoms with Crippen LogP contribution in [0.15, 0.2) is 28.7 Å². The van der Waals surface area contributed by atoms with Crippen LogP contribution in [0.1, 0.15) is 44.2 Å². The molecule has 15 heavy (non-hydrogen) atoms. The number of benzene rings is 1. The van der Waals surface area contributed by atoms with E-state index >= 15 is 0 Å². The first-order chi connectivity index (χ1) is 6.74. The highest BCUT2D eigenvalue weighted by Gasteiger charge is 2.04. The van der Waals surface area contributed by atoms with Gasteiger partial charge in [-0.05, 0) is 24.1 Å². The first kappa shape index (κ1) is 14.9. The smallest absolute Gasteiger partial charge is 0.0295 e. The van der Waals surface area contributed by atoms with Gasteiger partial charge in [0.1, 0.15) is 0 Å². The maximum absolute atomic E-state index is 6.08. The molecule has 86 valence electrons. The normalized spacial score (nSPS) is 11.9. The van der Waals surface area contributed by atoms with Crippen molar-refractivity contribution in [2.75, 3.05) is 0 Å². The summed E-state index contributed by atoms with van der Waals surface area (Å²) >= 11 is 3.46. The molecule has 1 aromatic carbocycles. The van der Waals surface area contributed by atoms with Crippen molar-refractivity contribution in [2.24, 2.45) is 5.73 Å². The molecule has 1 aromatic rings. The second-order valence-corrected chi connectivity index (χ2v) is 4.57. The summed E-state index contributed by atoms with van der Waals surface area (Å²) in [5, 5.41) is 0. The molecule has 0 aromatic heterocycles. The van der Waals surface area contributed by atoms with Crippen molar-refractivity contribution in [2.45, 2.75) is 38.6 Å². The third-order valence-electron chi connectivity index (χ3n) is 2.40. The number of hydrogen-bond acceptors (Lipinski definition) is 1. The van der Waals surface area contributed by atoms with Gasteiger partial charge in [-0.1, -0.05) is 54.2 Å². The van der Waals surface area contributed by atoms with E-state index in [4.69, 9.17) is 5.73 Å². The Balaban J connectivity index is 0.00000196. The second kappa shape index (κ2) is 8.14. The Hall–Kier alpha value is -0.0500. The minimum absolute atomic E-state index is 0. The number of rotatable bonds is 5. The summed E-state index contributed by atoms with van der Waals surface area (Å²) in [6, 6.07) is 8.47. The predicted molar refractivity (Wildman–Crippen MR) is 72.5 cm³/mol. The lowest BCUT2D eigenvalue weighted by atomic mass is 10.0. The van der Waals surface area contributed by atoms with E-state index in [1.54, 1.807) is 0 Å². The van der Waals surface area contributed by atoms with Crippen molar-refractivity contribution in [1.29, 1.82) is 0 Å². The van der Waals surface area contributed by atoms with E-state index in [2.05, 4.69) is 35.0 Å². The molecule has 0 unspecified atom stereocenters. The average Bonchev–Trinajstić information content (AvgIpc) is 2.18. The van der Waals surface area contributed by atoms with E-state index in [9.17, 15) is 0 Å². The summed E-state index contributed by atoms with van der Waals surface area (Å²) < 4.78 is 1.11. The van der Waals surface area contributed by atoms with Gasteiger partial charge in [0.05, 0.1) is 0 Å². The lowest BCUT2D eigenvalue weighted by molar-refractivity contribution is 0.581. The fourth-order valence-electron chi connectivity index (χ4n) is 1.52. The van der Waals surface area contributed by atoms with Crippen LogP contribution in [0.4, 0.5) is 0 Å². The van der Waals surface area contributed by atoms with E-state index in [0.717, 1.165) is 10.9 Å². The fourth-order valence-corrected chi connectivity index (χ4v) is 1.94. The number of unbranched alkanes of at least 4 members (excludes halogenated alkanes) is 2. The quantitative estimate of drug-likeness (QED) is 0.797. The van der Waals surface area contributed by atoms with Crippen LogP contribution in [0, 0.1) is 0 Å². The zero-order valence-corrected chi connectivity index (χ0v) is 11.5. The van der Waals surface area contributed by atoms with Crippen LogP contribution >= 0.6 is 28.3 Å². The lowest BCUT2D eigenvalue weighted by Crippen LogP contribution is -2.09. The third-order valence-corrected chi connectivity index (χ3v) is 2.89. The number of nitrogens with two attached hydrogens (primary N) is 1. The molecule has 3 heteroatoms. The average molecular weight is 293 g/mol. The van der Waals surface area contributed by atoms with Crippen molar-refractivity contribution >= 4 is 28.3 Å². The number of hydrogen-bond donors (Lipinski definition) is 1. The van der Waals surface area contributed by atoms with Crippen LogP contribution in [0.5, 0.6) is 0 Å². The van der Waals surface area contributed by atoms with Gasteiger partial charge in [0.2, 0.25) is 0 Å². The highest BCUT2D eigenvalue weighted by Crippen LogP contribution is 2.20. The van der Waals surface area contributed by atoms with Crippen LogP contribution < -0.4 is 5.73 Å². The van der Waals surface area contributed by atoms with E-state index < -0.39 is 0 Å². The highest BCUT2D eigenvalue weighted by atomic mass is 79.9. The molecule has 0 fully saturated rings. The van der Waals surface area contributed by atoms with E-state index in [1.165, 1.54) is 24.8 Å². The largest absolute Gasteiger partial charge is 0.324 e. The minimum Gasteiger partial charge on any atom is -0.324 e. The Morgan fingerprint density at radius 2 is 2.07 bits per heavy atom. The van der Waals surface area contributed by atoms with Gasteiger partial charge in [0.25, 0.3) is 0 Å². The first-order valence-electron chi connectivity index (χ1n) is 5.25. The summed E-state index contributed by atoms with van der Waals surface area (Å²) in [5.41, 5.74) is 7.32. The van der Waals surface area contributed by atoms with Crippen molar-refractivity contribution in [3.05, 3.63) is 34.3 Å². The lowest BCUT2D eigenvalue weighted by Gasteiger charge is -2.11. The van der Waals surface area contributed by atoms with Crippen LogP contribution in [0.2, 0.25) is 0 Å². The van der Waals surface area contributed by atoms with Crippen LogP contribution in [-0.4, -0.2) is 0 Å². The van der Waals surface area contributed by atoms with Gasteiger partial charge in [0.15, 0.2) is 0 Å². The Labute approximate surface area is 107 Å². The standard InChI is InChI=1S/C12H18BrN.ClH/c1-2-3-4-8-12(14)10-6-5-7-11(13)9-10;/h5-7,9,12H,2-4,8,14H2,1H3;1H/t12-;/m0./s1. The molecule has 0 spiro atoms. The number of halogens is 2. The van der Waals surface area contributed by atoms with Gasteiger partial charge < -0.3 is 5.73 Å². The Morgan fingerprint density at radius 3 is 2.67 bits per heavy atom. The molecule has 1 atom stereocenters. The van der Waals surface area contributed by atoms with Crippen LogP contribution in [-0.2, 0) is 0 Å². The van der Waals surface area contributed by atoms with Gasteiger partial charge in [-0.15, -0.1) is 12.4 Å². The highest BCUT2D eigenvalue weighted by molar-refractivity contribution is 9.10. The van der Waals surface area contributed by atoms with Gasteiger partial charge in [-0.25, -0.2) is 0 Å². The zero-order valence-electron chi connectivity index (χ0n) is 9.08. The molecular weight excluding hydrogens is 273 g/mol. The molecule has 0 heterocycles. The van der Waals surface area contributed by atoms with Gasteiger partial charge >= 0.3 is 0 Å². The van der Waals surface area contributed by atoms with E-state index in [1.807, 2.05) is 12.1 Å². The maximum atomic E-state index is 6.08. The summed E-state index contributed by atoms with van der Waals surface area (Å²) in [6.45, 7) is 2.21. The van der Waals surface area contributed by atoms with Gasteiger partial charge in [-0.3, -0.25) is 0 Å². The molecular formula is C12H19BrClN. The Bertz CT molecular complexity index is 278. The molecule has 0 saturated carbocycles. The molecule has 0 aliphatic rings.